The molecule has 0 spiro atoms. The molecule has 0 saturated heterocycles. The van der Waals surface area contributed by atoms with Crippen LogP contribution in [0.3, 0.4) is 0 Å². The molecule has 1 aliphatic rings. The first-order valence-corrected chi connectivity index (χ1v) is 13.0. The van der Waals surface area contributed by atoms with Crippen molar-refractivity contribution in [3.8, 4) is 11.8 Å². The van der Waals surface area contributed by atoms with Crippen LogP contribution in [0.15, 0.2) is 60.2 Å². The van der Waals surface area contributed by atoms with Crippen LogP contribution < -0.4 is 16.0 Å². The molecule has 9 nitrogen and oxygen atoms in total. The number of aryl methyl sites for hydroxylation is 1. The normalized spacial score (nSPS) is 14.2. The Morgan fingerprint density at radius 1 is 1.16 bits per heavy atom. The molecule has 0 aliphatic heterocycles. The molecule has 2 aromatic carbocycles. The minimum Gasteiger partial charge on any atom is -0.344 e. The summed E-state index contributed by atoms with van der Waals surface area (Å²) >= 11 is 1.39. The molecule has 1 fully saturated rings. The number of carbonyl (C=O) groups excluding carboxylic acids is 3. The Balaban J connectivity index is 1.21. The number of nitrogens with zero attached hydrogens (tertiary/aromatic N) is 3. The lowest BCUT2D eigenvalue weighted by atomic mass is 10.0. The van der Waals surface area contributed by atoms with E-state index in [4.69, 9.17) is 0 Å². The molecule has 38 heavy (non-hydrogen) atoms. The predicted octanol–water partition coefficient (Wildman–Crippen LogP) is 2.62. The van der Waals surface area contributed by atoms with Crippen LogP contribution in [0.2, 0.25) is 0 Å². The van der Waals surface area contributed by atoms with Crippen LogP contribution in [0.25, 0.3) is 10.9 Å². The molecule has 3 amide bonds. The van der Waals surface area contributed by atoms with E-state index in [1.807, 2.05) is 35.4 Å². The second-order valence-corrected chi connectivity index (χ2v) is 10.1. The molecule has 0 radical (unpaired) electrons. The van der Waals surface area contributed by atoms with Crippen molar-refractivity contribution in [3.63, 3.8) is 0 Å². The smallest absolute Gasteiger partial charge is 0.310 e. The Labute approximate surface area is 223 Å². The summed E-state index contributed by atoms with van der Waals surface area (Å²) in [6, 6.07) is 12.6. The summed E-state index contributed by atoms with van der Waals surface area (Å²) in [7, 11) is 1.90. The maximum Gasteiger partial charge on any atom is 0.310 e. The second-order valence-electron chi connectivity index (χ2n) is 9.22. The first kappa shape index (κ1) is 25.2. The molecule has 4 aromatic rings. The van der Waals surface area contributed by atoms with Crippen molar-refractivity contribution in [1.29, 1.82) is 0 Å². The van der Waals surface area contributed by atoms with E-state index in [1.165, 1.54) is 11.3 Å². The number of aromatic nitrogens is 3. The second kappa shape index (κ2) is 10.5. The van der Waals surface area contributed by atoms with E-state index in [0.717, 1.165) is 29.3 Å². The van der Waals surface area contributed by atoms with E-state index >= 15 is 0 Å². The van der Waals surface area contributed by atoms with Gasteiger partial charge in [0.1, 0.15) is 0 Å². The van der Waals surface area contributed by atoms with E-state index < -0.39 is 23.4 Å². The minimum absolute atomic E-state index is 0.0314. The van der Waals surface area contributed by atoms with Gasteiger partial charge in [-0.2, -0.15) is 5.10 Å². The van der Waals surface area contributed by atoms with Crippen molar-refractivity contribution in [1.82, 2.24) is 30.7 Å². The average Bonchev–Trinajstić information content (AvgIpc) is 3.32. The molecule has 2 heterocycles. The van der Waals surface area contributed by atoms with E-state index in [1.54, 1.807) is 37.4 Å². The summed E-state index contributed by atoms with van der Waals surface area (Å²) in [5, 5.41) is 16.1. The number of hydrogen-bond donors (Lipinski definition) is 3. The molecule has 5 rings (SSSR count). The zero-order chi connectivity index (χ0) is 26.7. The van der Waals surface area contributed by atoms with Crippen LogP contribution in [0.5, 0.6) is 0 Å². The maximum absolute atomic E-state index is 13.3. The summed E-state index contributed by atoms with van der Waals surface area (Å²) in [5.74, 6) is 3.88. The Bertz CT molecular complexity index is 1580. The van der Waals surface area contributed by atoms with Gasteiger partial charge in [-0.05, 0) is 55.0 Å². The molecule has 2 aromatic heterocycles. The van der Waals surface area contributed by atoms with Crippen LogP contribution >= 0.6 is 11.3 Å². The van der Waals surface area contributed by atoms with E-state index in [0.29, 0.717) is 16.1 Å². The van der Waals surface area contributed by atoms with Crippen LogP contribution in [-0.2, 0) is 28.7 Å². The lowest BCUT2D eigenvalue weighted by Crippen LogP contribution is -2.43. The third kappa shape index (κ3) is 5.43. The fourth-order valence-corrected chi connectivity index (χ4v) is 4.75. The van der Waals surface area contributed by atoms with Gasteiger partial charge in [-0.3, -0.25) is 19.1 Å². The third-order valence-electron chi connectivity index (χ3n) is 6.48. The number of hydrogen-bond acceptors (Lipinski definition) is 6. The zero-order valence-electron chi connectivity index (χ0n) is 20.9. The van der Waals surface area contributed by atoms with Crippen molar-refractivity contribution in [2.24, 2.45) is 7.05 Å². The quantitative estimate of drug-likeness (QED) is 0.264. The number of amides is 3. The number of carbonyl (C=O) groups is 3. The molecular weight excluding hydrogens is 500 g/mol. The molecule has 1 saturated carbocycles. The Morgan fingerprint density at radius 3 is 2.74 bits per heavy atom. The topological polar surface area (TPSA) is 118 Å². The number of benzene rings is 2. The standard InChI is InChI=1S/C28H26N6O3S/c1-18(7-10-24-29-13-14-38-24)32-27(37)26(36)30-16-19-5-3-4-6-22(19)25(35)33-28(11-12-28)21-8-9-23-20(15-21)17-31-34(23)2/h3-6,8-9,13-15,17-18H,11-12,16H2,1-2H3,(H,30,36)(H,32,37)(H,33,35)/t18-/m0/s1. The predicted molar refractivity (Wildman–Crippen MR) is 144 cm³/mol. The lowest BCUT2D eigenvalue weighted by molar-refractivity contribution is -0.139. The summed E-state index contributed by atoms with van der Waals surface area (Å²) in [5.41, 5.74) is 2.71. The van der Waals surface area contributed by atoms with Gasteiger partial charge in [-0.15, -0.1) is 11.3 Å². The number of thiazole rings is 1. The highest BCUT2D eigenvalue weighted by atomic mass is 32.1. The fourth-order valence-electron chi connectivity index (χ4n) is 4.26. The molecule has 10 heteroatoms. The van der Waals surface area contributed by atoms with Crippen molar-refractivity contribution < 1.29 is 14.4 Å². The average molecular weight is 527 g/mol. The molecule has 192 valence electrons. The van der Waals surface area contributed by atoms with E-state index in [-0.39, 0.29) is 12.5 Å². The Kier molecular flexibility index (Phi) is 6.94. The van der Waals surface area contributed by atoms with Crippen LogP contribution in [-0.4, -0.2) is 38.5 Å². The lowest BCUT2D eigenvalue weighted by Gasteiger charge is -2.19. The minimum atomic E-state index is -0.799. The monoisotopic (exact) mass is 526 g/mol. The number of nitrogens with one attached hydrogen (secondary N) is 3. The Hall–Kier alpha value is -4.49. The molecular formula is C28H26N6O3S. The van der Waals surface area contributed by atoms with Gasteiger partial charge in [0.2, 0.25) is 0 Å². The number of rotatable bonds is 6. The van der Waals surface area contributed by atoms with E-state index in [9.17, 15) is 14.4 Å². The van der Waals surface area contributed by atoms with Crippen molar-refractivity contribution in [2.45, 2.75) is 37.9 Å². The largest absolute Gasteiger partial charge is 0.344 e. The molecule has 0 unspecified atom stereocenters. The maximum atomic E-state index is 13.3. The summed E-state index contributed by atoms with van der Waals surface area (Å²) < 4.78 is 1.82. The highest BCUT2D eigenvalue weighted by Gasteiger charge is 2.46. The highest BCUT2D eigenvalue weighted by Crippen LogP contribution is 2.46. The van der Waals surface area contributed by atoms with Gasteiger partial charge in [-0.25, -0.2) is 4.98 Å². The van der Waals surface area contributed by atoms with Crippen LogP contribution in [0.4, 0.5) is 0 Å². The summed E-state index contributed by atoms with van der Waals surface area (Å²) in [4.78, 5) is 42.1. The fraction of sp³-hybridized carbons (Fsp3) is 0.250. The first-order chi connectivity index (χ1) is 18.3. The molecule has 1 atom stereocenters. The van der Waals surface area contributed by atoms with Crippen molar-refractivity contribution in [3.05, 3.63) is 81.9 Å². The SMILES string of the molecule is C[C@@H](C#Cc1nccs1)NC(=O)C(=O)NCc1ccccc1C(=O)NC1(c2ccc3c(cnn3C)c2)CC1. The van der Waals surface area contributed by atoms with Crippen LogP contribution in [0.1, 0.15) is 46.3 Å². The number of fused-ring (bicyclic) bond motifs is 1. The Morgan fingerprint density at radius 2 is 1.97 bits per heavy atom. The van der Waals surface area contributed by atoms with Crippen molar-refractivity contribution >= 4 is 40.0 Å². The van der Waals surface area contributed by atoms with Gasteiger partial charge in [0.25, 0.3) is 5.91 Å². The first-order valence-electron chi connectivity index (χ1n) is 12.2. The zero-order valence-corrected chi connectivity index (χ0v) is 21.8. The summed E-state index contributed by atoms with van der Waals surface area (Å²) in [6.07, 6.45) is 5.15. The van der Waals surface area contributed by atoms with Gasteiger partial charge in [0.05, 0.1) is 23.3 Å². The summed E-state index contributed by atoms with van der Waals surface area (Å²) in [6.45, 7) is 1.72. The van der Waals surface area contributed by atoms with E-state index in [2.05, 4.69) is 43.9 Å². The highest BCUT2D eigenvalue weighted by molar-refractivity contribution is 7.10. The van der Waals surface area contributed by atoms with Crippen molar-refractivity contribution in [2.75, 3.05) is 0 Å². The molecule has 0 bridgehead atoms. The van der Waals surface area contributed by atoms with Gasteiger partial charge < -0.3 is 16.0 Å². The molecule has 1 aliphatic carbocycles. The van der Waals surface area contributed by atoms with Crippen LogP contribution in [0, 0.1) is 11.8 Å². The van der Waals surface area contributed by atoms with Gasteiger partial charge in [0.15, 0.2) is 5.01 Å². The molecule has 3 N–H and O–H groups in total. The van der Waals surface area contributed by atoms with Gasteiger partial charge in [-0.1, -0.05) is 30.2 Å². The van der Waals surface area contributed by atoms with Gasteiger partial charge >= 0.3 is 11.8 Å². The third-order valence-corrected chi connectivity index (χ3v) is 7.17. The van der Waals surface area contributed by atoms with Gasteiger partial charge in [0, 0.05) is 36.1 Å².